The molecule has 0 bridgehead atoms. The first-order valence-corrected chi connectivity index (χ1v) is 7.79. The number of ether oxygens (including phenoxy) is 1. The van der Waals surface area contributed by atoms with E-state index in [1.807, 2.05) is 6.07 Å². The molecule has 0 aliphatic rings. The monoisotopic (exact) mass is 299 g/mol. The van der Waals surface area contributed by atoms with Crippen molar-refractivity contribution in [3.05, 3.63) is 41.6 Å². The minimum atomic E-state index is 0.367. The van der Waals surface area contributed by atoms with E-state index >= 15 is 0 Å². The van der Waals surface area contributed by atoms with Crippen molar-refractivity contribution in [2.45, 2.75) is 33.1 Å². The second-order valence-electron chi connectivity index (χ2n) is 5.80. The van der Waals surface area contributed by atoms with E-state index in [1.54, 1.807) is 7.11 Å². The van der Waals surface area contributed by atoms with Crippen LogP contribution in [-0.2, 0) is 4.74 Å². The van der Waals surface area contributed by atoms with E-state index in [1.165, 1.54) is 5.56 Å². The van der Waals surface area contributed by atoms with Gasteiger partial charge in [-0.25, -0.2) is 9.97 Å². The van der Waals surface area contributed by atoms with Crippen LogP contribution in [0.25, 0.3) is 11.4 Å². The van der Waals surface area contributed by atoms with E-state index in [9.17, 15) is 0 Å². The lowest BCUT2D eigenvalue weighted by Gasteiger charge is -2.12. The number of methoxy groups -OCH3 is 1. The molecule has 1 N–H and O–H groups in total. The summed E-state index contributed by atoms with van der Waals surface area (Å²) in [7, 11) is 1.72. The SMILES string of the molecule is COCCCNc1cc(C(C)C)nc(-c2ccc(C)cc2)n1. The molecule has 4 nitrogen and oxygen atoms in total. The summed E-state index contributed by atoms with van der Waals surface area (Å²) in [6.07, 6.45) is 0.956. The van der Waals surface area contributed by atoms with Gasteiger partial charge in [0, 0.05) is 37.6 Å². The summed E-state index contributed by atoms with van der Waals surface area (Å²) in [6.45, 7) is 7.97. The zero-order valence-electron chi connectivity index (χ0n) is 13.9. The van der Waals surface area contributed by atoms with Gasteiger partial charge in [-0.3, -0.25) is 0 Å². The standard InChI is InChI=1S/C18H25N3O/c1-13(2)16-12-17(19-10-5-11-22-4)21-18(20-16)15-8-6-14(3)7-9-15/h6-9,12-13H,5,10-11H2,1-4H3,(H,19,20,21). The molecule has 1 aromatic carbocycles. The van der Waals surface area contributed by atoms with E-state index in [2.05, 4.69) is 55.3 Å². The van der Waals surface area contributed by atoms with Crippen molar-refractivity contribution < 1.29 is 4.74 Å². The third-order valence-electron chi connectivity index (χ3n) is 3.48. The third-order valence-corrected chi connectivity index (χ3v) is 3.48. The fourth-order valence-corrected chi connectivity index (χ4v) is 2.12. The van der Waals surface area contributed by atoms with Crippen LogP contribution < -0.4 is 5.32 Å². The highest BCUT2D eigenvalue weighted by Crippen LogP contribution is 2.22. The second kappa shape index (κ2) is 7.90. The molecule has 0 saturated carbocycles. The van der Waals surface area contributed by atoms with Crippen LogP contribution in [0.3, 0.4) is 0 Å². The van der Waals surface area contributed by atoms with Crippen LogP contribution in [0.15, 0.2) is 30.3 Å². The third kappa shape index (κ3) is 4.53. The molecule has 0 aliphatic heterocycles. The molecule has 2 aromatic rings. The van der Waals surface area contributed by atoms with Crippen molar-refractivity contribution in [2.75, 3.05) is 25.6 Å². The minimum absolute atomic E-state index is 0.367. The zero-order chi connectivity index (χ0) is 15.9. The Morgan fingerprint density at radius 2 is 1.86 bits per heavy atom. The zero-order valence-corrected chi connectivity index (χ0v) is 13.9. The highest BCUT2D eigenvalue weighted by molar-refractivity contribution is 5.58. The molecule has 1 heterocycles. The van der Waals surface area contributed by atoms with Gasteiger partial charge in [0.25, 0.3) is 0 Å². The van der Waals surface area contributed by atoms with Crippen molar-refractivity contribution in [2.24, 2.45) is 0 Å². The van der Waals surface area contributed by atoms with Crippen molar-refractivity contribution in [1.82, 2.24) is 9.97 Å². The molecule has 0 fully saturated rings. The maximum absolute atomic E-state index is 5.07. The molecule has 0 unspecified atom stereocenters. The molecule has 0 spiro atoms. The molecule has 0 atom stereocenters. The Morgan fingerprint density at radius 3 is 2.50 bits per heavy atom. The number of nitrogens with one attached hydrogen (secondary N) is 1. The Bertz CT molecular complexity index is 594. The Labute approximate surface area is 133 Å². The minimum Gasteiger partial charge on any atom is -0.385 e. The molecule has 0 radical (unpaired) electrons. The number of rotatable bonds is 7. The number of aromatic nitrogens is 2. The smallest absolute Gasteiger partial charge is 0.161 e. The van der Waals surface area contributed by atoms with Crippen molar-refractivity contribution in [3.8, 4) is 11.4 Å². The molecule has 22 heavy (non-hydrogen) atoms. The topological polar surface area (TPSA) is 47.0 Å². The van der Waals surface area contributed by atoms with Crippen LogP contribution in [0.4, 0.5) is 5.82 Å². The summed E-state index contributed by atoms with van der Waals surface area (Å²) in [5.41, 5.74) is 3.34. The van der Waals surface area contributed by atoms with Crippen LogP contribution in [0.5, 0.6) is 0 Å². The fourth-order valence-electron chi connectivity index (χ4n) is 2.12. The molecule has 0 amide bonds. The lowest BCUT2D eigenvalue weighted by Crippen LogP contribution is -2.08. The maximum atomic E-state index is 5.07. The van der Waals surface area contributed by atoms with Crippen molar-refractivity contribution >= 4 is 5.82 Å². The molecule has 2 rings (SSSR count). The van der Waals surface area contributed by atoms with Crippen LogP contribution in [0.2, 0.25) is 0 Å². The Hall–Kier alpha value is -1.94. The largest absolute Gasteiger partial charge is 0.385 e. The number of aryl methyl sites for hydroxylation is 1. The van der Waals surface area contributed by atoms with E-state index in [4.69, 9.17) is 9.72 Å². The lowest BCUT2D eigenvalue weighted by molar-refractivity contribution is 0.198. The van der Waals surface area contributed by atoms with E-state index in [0.29, 0.717) is 5.92 Å². The molecule has 1 aromatic heterocycles. The van der Waals surface area contributed by atoms with Gasteiger partial charge in [0.2, 0.25) is 0 Å². The first kappa shape index (κ1) is 16.4. The fraction of sp³-hybridized carbons (Fsp3) is 0.444. The number of hydrogen-bond acceptors (Lipinski definition) is 4. The predicted molar refractivity (Wildman–Crippen MR) is 91.3 cm³/mol. The maximum Gasteiger partial charge on any atom is 0.161 e. The predicted octanol–water partition coefficient (Wildman–Crippen LogP) is 4.02. The summed E-state index contributed by atoms with van der Waals surface area (Å²) in [4.78, 5) is 9.35. The normalized spacial score (nSPS) is 11.0. The van der Waals surface area contributed by atoms with Gasteiger partial charge in [-0.1, -0.05) is 43.7 Å². The summed E-state index contributed by atoms with van der Waals surface area (Å²) in [6, 6.07) is 10.4. The molecule has 118 valence electrons. The average Bonchev–Trinajstić information content (AvgIpc) is 2.52. The van der Waals surface area contributed by atoms with Crippen LogP contribution in [0.1, 0.15) is 37.4 Å². The van der Waals surface area contributed by atoms with Gasteiger partial charge in [0.05, 0.1) is 0 Å². The summed E-state index contributed by atoms with van der Waals surface area (Å²) >= 11 is 0. The van der Waals surface area contributed by atoms with E-state index in [-0.39, 0.29) is 0 Å². The first-order chi connectivity index (χ1) is 10.6. The quantitative estimate of drug-likeness (QED) is 0.784. The van der Waals surface area contributed by atoms with E-state index < -0.39 is 0 Å². The molecular formula is C18H25N3O. The van der Waals surface area contributed by atoms with Gasteiger partial charge in [0.1, 0.15) is 5.82 Å². The number of anilines is 1. The Morgan fingerprint density at radius 1 is 1.14 bits per heavy atom. The molecule has 4 heteroatoms. The van der Waals surface area contributed by atoms with Gasteiger partial charge in [0.15, 0.2) is 5.82 Å². The van der Waals surface area contributed by atoms with Crippen LogP contribution in [0, 0.1) is 6.92 Å². The van der Waals surface area contributed by atoms with Crippen molar-refractivity contribution in [3.63, 3.8) is 0 Å². The highest BCUT2D eigenvalue weighted by atomic mass is 16.5. The Kier molecular flexibility index (Phi) is 5.90. The first-order valence-electron chi connectivity index (χ1n) is 7.79. The van der Waals surface area contributed by atoms with Crippen LogP contribution >= 0.6 is 0 Å². The van der Waals surface area contributed by atoms with Gasteiger partial charge < -0.3 is 10.1 Å². The van der Waals surface area contributed by atoms with Crippen molar-refractivity contribution in [1.29, 1.82) is 0 Å². The van der Waals surface area contributed by atoms with Gasteiger partial charge in [-0.2, -0.15) is 0 Å². The summed E-state index contributed by atoms with van der Waals surface area (Å²) in [5.74, 6) is 2.03. The number of nitrogens with zero attached hydrogens (tertiary/aromatic N) is 2. The Balaban J connectivity index is 2.24. The average molecular weight is 299 g/mol. The molecule has 0 aliphatic carbocycles. The van der Waals surface area contributed by atoms with Gasteiger partial charge >= 0.3 is 0 Å². The van der Waals surface area contributed by atoms with E-state index in [0.717, 1.165) is 42.5 Å². The van der Waals surface area contributed by atoms with Gasteiger partial charge in [-0.15, -0.1) is 0 Å². The highest BCUT2D eigenvalue weighted by Gasteiger charge is 2.09. The van der Waals surface area contributed by atoms with Gasteiger partial charge in [-0.05, 0) is 19.3 Å². The number of hydrogen-bond donors (Lipinski definition) is 1. The van der Waals surface area contributed by atoms with Crippen LogP contribution in [-0.4, -0.2) is 30.2 Å². The number of benzene rings is 1. The summed E-state index contributed by atoms with van der Waals surface area (Å²) in [5, 5.41) is 3.37. The lowest BCUT2D eigenvalue weighted by atomic mass is 10.1. The molecular weight excluding hydrogens is 274 g/mol. The second-order valence-corrected chi connectivity index (χ2v) is 5.80. The molecule has 0 saturated heterocycles. The summed E-state index contributed by atoms with van der Waals surface area (Å²) < 4.78 is 5.07.